The molecule has 0 aliphatic rings. The van der Waals surface area contributed by atoms with Crippen LogP contribution >= 0.6 is 0 Å². The maximum atomic E-state index is 13.0. The first-order valence-corrected chi connectivity index (χ1v) is 4.70. The number of aromatic nitrogens is 2. The maximum absolute atomic E-state index is 13.0. The zero-order valence-corrected chi connectivity index (χ0v) is 8.63. The molecular weight excluding hydrogens is 193 g/mol. The Kier molecular flexibility index (Phi) is 2.41. The van der Waals surface area contributed by atoms with Crippen LogP contribution in [0, 0.1) is 12.7 Å². The Labute approximate surface area is 87.4 Å². The molecule has 0 saturated heterocycles. The van der Waals surface area contributed by atoms with E-state index in [1.54, 1.807) is 32.3 Å². The molecule has 0 aliphatic carbocycles. The summed E-state index contributed by atoms with van der Waals surface area (Å²) >= 11 is 0. The van der Waals surface area contributed by atoms with Crippen molar-refractivity contribution in [3.05, 3.63) is 35.8 Å². The normalized spacial score (nSPS) is 10.3. The lowest BCUT2D eigenvalue weighted by molar-refractivity contribution is 0.619. The number of rotatable bonds is 2. The summed E-state index contributed by atoms with van der Waals surface area (Å²) in [4.78, 5) is 7.18. The van der Waals surface area contributed by atoms with Crippen LogP contribution in [0.3, 0.4) is 0 Å². The van der Waals surface area contributed by atoms with Gasteiger partial charge in [-0.25, -0.2) is 9.37 Å². The van der Waals surface area contributed by atoms with Crippen molar-refractivity contribution in [2.75, 3.05) is 12.4 Å². The Balaban J connectivity index is 2.40. The second-order valence-corrected chi connectivity index (χ2v) is 3.36. The lowest BCUT2D eigenvalue weighted by Crippen LogP contribution is -1.89. The molecule has 2 N–H and O–H groups in total. The van der Waals surface area contributed by atoms with Gasteiger partial charge in [0.25, 0.3) is 0 Å². The summed E-state index contributed by atoms with van der Waals surface area (Å²) in [5.74, 6) is 0.513. The topological polar surface area (TPSA) is 40.7 Å². The molecular formula is C11H12FN3. The molecule has 1 heterocycles. The number of imidazole rings is 1. The number of H-pyrrole nitrogens is 1. The van der Waals surface area contributed by atoms with Crippen LogP contribution in [0.5, 0.6) is 0 Å². The van der Waals surface area contributed by atoms with Gasteiger partial charge in [0.05, 0.1) is 11.9 Å². The minimum atomic E-state index is -0.188. The van der Waals surface area contributed by atoms with Gasteiger partial charge < -0.3 is 10.3 Å². The molecule has 15 heavy (non-hydrogen) atoms. The lowest BCUT2D eigenvalue weighted by atomic mass is 10.1. The minimum Gasteiger partial charge on any atom is -0.359 e. The molecule has 0 saturated carbocycles. The summed E-state index contributed by atoms with van der Waals surface area (Å²) < 4.78 is 13.0. The number of benzene rings is 1. The zero-order chi connectivity index (χ0) is 10.8. The van der Waals surface area contributed by atoms with Gasteiger partial charge in [0.2, 0.25) is 0 Å². The Morgan fingerprint density at radius 1 is 1.40 bits per heavy atom. The van der Waals surface area contributed by atoms with E-state index in [1.165, 1.54) is 6.07 Å². The average Bonchev–Trinajstić information content (AvgIpc) is 2.70. The molecule has 2 aromatic rings. The summed E-state index contributed by atoms with van der Waals surface area (Å²) in [6.45, 7) is 1.74. The van der Waals surface area contributed by atoms with E-state index in [9.17, 15) is 4.39 Å². The Morgan fingerprint density at radius 2 is 2.20 bits per heavy atom. The number of nitrogens with zero attached hydrogens (tertiary/aromatic N) is 1. The van der Waals surface area contributed by atoms with Crippen LogP contribution in [0.15, 0.2) is 24.4 Å². The van der Waals surface area contributed by atoms with Crippen molar-refractivity contribution in [3.63, 3.8) is 0 Å². The van der Waals surface area contributed by atoms with Crippen molar-refractivity contribution >= 4 is 5.95 Å². The van der Waals surface area contributed by atoms with Gasteiger partial charge in [0, 0.05) is 12.6 Å². The van der Waals surface area contributed by atoms with Crippen molar-refractivity contribution in [3.8, 4) is 11.3 Å². The third-order valence-corrected chi connectivity index (χ3v) is 2.28. The molecule has 1 aromatic carbocycles. The number of anilines is 1. The zero-order valence-electron chi connectivity index (χ0n) is 8.63. The molecule has 4 heteroatoms. The average molecular weight is 205 g/mol. The van der Waals surface area contributed by atoms with Gasteiger partial charge >= 0.3 is 0 Å². The van der Waals surface area contributed by atoms with Crippen LogP contribution in [-0.4, -0.2) is 17.0 Å². The van der Waals surface area contributed by atoms with Gasteiger partial charge in [0.15, 0.2) is 5.95 Å². The standard InChI is InChI=1S/C11H12FN3/c1-7-5-8(3-4-9(7)12)10-6-14-11(13-2)15-10/h3-6H,1-2H3,(H2,13,14,15). The Morgan fingerprint density at radius 3 is 2.80 bits per heavy atom. The van der Waals surface area contributed by atoms with Crippen molar-refractivity contribution in [2.24, 2.45) is 0 Å². The first kappa shape index (κ1) is 9.71. The van der Waals surface area contributed by atoms with Crippen LogP contribution in [0.1, 0.15) is 5.56 Å². The molecule has 78 valence electrons. The molecule has 0 aliphatic heterocycles. The summed E-state index contributed by atoms with van der Waals surface area (Å²) in [7, 11) is 1.79. The largest absolute Gasteiger partial charge is 0.359 e. The van der Waals surface area contributed by atoms with Crippen molar-refractivity contribution in [1.82, 2.24) is 9.97 Å². The third kappa shape index (κ3) is 1.83. The van der Waals surface area contributed by atoms with Gasteiger partial charge in [-0.2, -0.15) is 0 Å². The van der Waals surface area contributed by atoms with Gasteiger partial charge in [-0.05, 0) is 30.7 Å². The molecule has 1 aromatic heterocycles. The molecule has 2 rings (SSSR count). The number of hydrogen-bond donors (Lipinski definition) is 2. The highest BCUT2D eigenvalue weighted by atomic mass is 19.1. The van der Waals surface area contributed by atoms with Gasteiger partial charge in [-0.15, -0.1) is 0 Å². The van der Waals surface area contributed by atoms with Crippen molar-refractivity contribution in [1.29, 1.82) is 0 Å². The molecule has 0 amide bonds. The second-order valence-electron chi connectivity index (χ2n) is 3.36. The first-order valence-electron chi connectivity index (χ1n) is 4.70. The van der Waals surface area contributed by atoms with Crippen LogP contribution in [0.25, 0.3) is 11.3 Å². The number of hydrogen-bond acceptors (Lipinski definition) is 2. The second kappa shape index (κ2) is 3.73. The third-order valence-electron chi connectivity index (χ3n) is 2.28. The molecule has 0 atom stereocenters. The highest BCUT2D eigenvalue weighted by Crippen LogP contribution is 2.20. The van der Waals surface area contributed by atoms with Crippen LogP contribution < -0.4 is 5.32 Å². The minimum absolute atomic E-state index is 0.188. The SMILES string of the molecule is CNc1ncc(-c2ccc(F)c(C)c2)[nH]1. The number of aromatic amines is 1. The van der Waals surface area contributed by atoms with Crippen molar-refractivity contribution in [2.45, 2.75) is 6.92 Å². The Hall–Kier alpha value is -1.84. The summed E-state index contributed by atoms with van der Waals surface area (Å²) in [5, 5.41) is 2.90. The van der Waals surface area contributed by atoms with E-state index in [-0.39, 0.29) is 5.82 Å². The van der Waals surface area contributed by atoms with Gasteiger partial charge in [-0.3, -0.25) is 0 Å². The van der Waals surface area contributed by atoms with E-state index in [1.807, 2.05) is 0 Å². The van der Waals surface area contributed by atoms with Gasteiger partial charge in [-0.1, -0.05) is 0 Å². The van der Waals surface area contributed by atoms with Crippen molar-refractivity contribution < 1.29 is 4.39 Å². The summed E-state index contributed by atoms with van der Waals surface area (Å²) in [5.41, 5.74) is 2.44. The fourth-order valence-corrected chi connectivity index (χ4v) is 1.41. The molecule has 0 unspecified atom stereocenters. The van der Waals surface area contributed by atoms with E-state index in [4.69, 9.17) is 0 Å². The molecule has 0 spiro atoms. The van der Waals surface area contributed by atoms with E-state index >= 15 is 0 Å². The van der Waals surface area contributed by atoms with E-state index in [2.05, 4.69) is 15.3 Å². The number of nitrogens with one attached hydrogen (secondary N) is 2. The fourth-order valence-electron chi connectivity index (χ4n) is 1.41. The molecule has 0 radical (unpaired) electrons. The predicted molar refractivity (Wildman–Crippen MR) is 58.3 cm³/mol. The van der Waals surface area contributed by atoms with E-state index in [0.29, 0.717) is 11.5 Å². The van der Waals surface area contributed by atoms with Crippen LogP contribution in [0.2, 0.25) is 0 Å². The highest BCUT2D eigenvalue weighted by molar-refractivity contribution is 5.61. The maximum Gasteiger partial charge on any atom is 0.200 e. The smallest absolute Gasteiger partial charge is 0.200 e. The lowest BCUT2D eigenvalue weighted by Gasteiger charge is -2.00. The van der Waals surface area contributed by atoms with E-state index < -0.39 is 0 Å². The van der Waals surface area contributed by atoms with Crippen LogP contribution in [0.4, 0.5) is 10.3 Å². The van der Waals surface area contributed by atoms with Crippen LogP contribution in [-0.2, 0) is 0 Å². The van der Waals surface area contributed by atoms with E-state index in [0.717, 1.165) is 11.3 Å². The Bertz CT molecular complexity index is 476. The quantitative estimate of drug-likeness (QED) is 0.791. The molecule has 0 bridgehead atoms. The predicted octanol–water partition coefficient (Wildman–Crippen LogP) is 2.57. The van der Waals surface area contributed by atoms with Gasteiger partial charge in [0.1, 0.15) is 5.82 Å². The monoisotopic (exact) mass is 205 g/mol. The summed E-state index contributed by atoms with van der Waals surface area (Å²) in [6, 6.07) is 4.99. The molecule has 0 fully saturated rings. The fraction of sp³-hybridized carbons (Fsp3) is 0.182. The molecule has 3 nitrogen and oxygen atoms in total. The number of aryl methyl sites for hydroxylation is 1. The summed E-state index contributed by atoms with van der Waals surface area (Å²) in [6.07, 6.45) is 1.72. The number of halogens is 1. The highest BCUT2D eigenvalue weighted by Gasteiger charge is 2.04. The first-order chi connectivity index (χ1) is 7.20.